The zero-order valence-corrected chi connectivity index (χ0v) is 17.2. The zero-order valence-electron chi connectivity index (χ0n) is 16.4. The van der Waals surface area contributed by atoms with Gasteiger partial charge in [0, 0.05) is 17.0 Å². The number of aliphatic imine (C=N–C) groups is 1. The number of thioether (sulfide) groups is 1. The predicted octanol–water partition coefficient (Wildman–Crippen LogP) is 3.85. The van der Waals surface area contributed by atoms with Crippen molar-refractivity contribution in [2.75, 3.05) is 17.7 Å². The first kappa shape index (κ1) is 20.3. The lowest BCUT2D eigenvalue weighted by Gasteiger charge is -2.11. The molecule has 0 saturated carbocycles. The smallest absolute Gasteiger partial charge is 0.243 e. The molecule has 152 valence electrons. The normalized spacial score (nSPS) is 16.7. The summed E-state index contributed by atoms with van der Waals surface area (Å²) in [5.41, 5.74) is 10.8. The topological polar surface area (TPSA) is 87.7 Å². The molecular weight excluding hydrogens is 394 g/mol. The van der Waals surface area contributed by atoms with Crippen LogP contribution in [0.3, 0.4) is 0 Å². The average molecular weight is 418 g/mol. The van der Waals surface area contributed by atoms with Crippen molar-refractivity contribution < 1.29 is 9.90 Å². The lowest BCUT2D eigenvalue weighted by molar-refractivity contribution is -0.118. The number of rotatable bonds is 6. The number of anilines is 1. The van der Waals surface area contributed by atoms with Gasteiger partial charge in [-0.3, -0.25) is 9.79 Å². The maximum Gasteiger partial charge on any atom is 0.243 e. The minimum Gasteiger partial charge on any atom is -0.394 e. The zero-order chi connectivity index (χ0) is 20.9. The van der Waals surface area contributed by atoms with Crippen LogP contribution >= 0.6 is 11.8 Å². The number of nitrogens with two attached hydrogens (primary N) is 1. The summed E-state index contributed by atoms with van der Waals surface area (Å²) in [6.45, 7) is -0.382. The van der Waals surface area contributed by atoms with Gasteiger partial charge in [0.2, 0.25) is 5.91 Å². The third-order valence-electron chi connectivity index (χ3n) is 4.99. The Bertz CT molecular complexity index is 1030. The average Bonchev–Trinajstić information content (AvgIpc) is 3.30. The van der Waals surface area contributed by atoms with E-state index in [-0.39, 0.29) is 12.6 Å². The van der Waals surface area contributed by atoms with E-state index in [0.717, 1.165) is 21.9 Å². The van der Waals surface area contributed by atoms with Crippen LogP contribution in [0, 0.1) is 0 Å². The van der Waals surface area contributed by atoms with E-state index in [1.54, 1.807) is 11.8 Å². The van der Waals surface area contributed by atoms with Crippen molar-refractivity contribution in [3.05, 3.63) is 90.0 Å². The van der Waals surface area contributed by atoms with Gasteiger partial charge < -0.3 is 16.2 Å². The molecule has 6 heteroatoms. The van der Waals surface area contributed by atoms with Gasteiger partial charge in [-0.05, 0) is 28.8 Å². The molecule has 0 spiro atoms. The summed E-state index contributed by atoms with van der Waals surface area (Å²) >= 11 is 1.76. The Morgan fingerprint density at radius 2 is 1.63 bits per heavy atom. The molecule has 2 unspecified atom stereocenters. The Labute approximate surface area is 180 Å². The highest BCUT2D eigenvalue weighted by molar-refractivity contribution is 8.14. The number of nitrogens with one attached hydrogen (secondary N) is 1. The maximum atomic E-state index is 11.8. The molecule has 1 amide bonds. The third-order valence-corrected chi connectivity index (χ3v) is 6.08. The van der Waals surface area contributed by atoms with Crippen LogP contribution in [0.5, 0.6) is 0 Å². The molecule has 5 nitrogen and oxygen atoms in total. The van der Waals surface area contributed by atoms with Gasteiger partial charge in [0.05, 0.1) is 17.7 Å². The number of hydrogen-bond acceptors (Lipinski definition) is 5. The number of carbonyl (C=O) groups is 1. The maximum absolute atomic E-state index is 11.8. The Morgan fingerprint density at radius 1 is 1.00 bits per heavy atom. The van der Waals surface area contributed by atoms with Crippen LogP contribution in [0.2, 0.25) is 0 Å². The van der Waals surface area contributed by atoms with E-state index in [1.807, 2.05) is 42.5 Å². The van der Waals surface area contributed by atoms with Crippen LogP contribution in [0.1, 0.15) is 17.2 Å². The van der Waals surface area contributed by atoms with Gasteiger partial charge in [0.15, 0.2) is 0 Å². The first-order valence-electron chi connectivity index (χ1n) is 9.78. The highest BCUT2D eigenvalue weighted by atomic mass is 32.2. The molecule has 0 aliphatic carbocycles. The first-order chi connectivity index (χ1) is 14.6. The van der Waals surface area contributed by atoms with E-state index in [1.165, 1.54) is 11.1 Å². The lowest BCUT2D eigenvalue weighted by atomic mass is 10.0. The van der Waals surface area contributed by atoms with Crippen LogP contribution < -0.4 is 11.1 Å². The number of nitrogens with zero attached hydrogens (tertiary/aromatic N) is 1. The highest BCUT2D eigenvalue weighted by Crippen LogP contribution is 2.34. The minimum absolute atomic E-state index is 0.0863. The van der Waals surface area contributed by atoms with Crippen LogP contribution in [-0.2, 0) is 4.79 Å². The van der Waals surface area contributed by atoms with Crippen molar-refractivity contribution in [2.24, 2.45) is 10.7 Å². The number of hydrogen-bond donors (Lipinski definition) is 3. The van der Waals surface area contributed by atoms with E-state index in [2.05, 4.69) is 41.7 Å². The largest absolute Gasteiger partial charge is 0.394 e. The SMILES string of the molecule is NC(CO)C(=O)Nc1ccc(C2CSC(c3ccc(-c4ccccc4)cc3)=N2)cc1. The summed E-state index contributed by atoms with van der Waals surface area (Å²) in [7, 11) is 0. The van der Waals surface area contributed by atoms with Gasteiger partial charge in [-0.2, -0.15) is 0 Å². The molecular formula is C24H23N3O2S. The Balaban J connectivity index is 1.44. The van der Waals surface area contributed by atoms with Crippen molar-refractivity contribution in [2.45, 2.75) is 12.1 Å². The molecule has 4 rings (SSSR count). The highest BCUT2D eigenvalue weighted by Gasteiger charge is 2.21. The lowest BCUT2D eigenvalue weighted by Crippen LogP contribution is -2.38. The fourth-order valence-electron chi connectivity index (χ4n) is 3.24. The Hall–Kier alpha value is -2.93. The molecule has 1 aliphatic heterocycles. The van der Waals surface area contributed by atoms with Crippen molar-refractivity contribution in [1.82, 2.24) is 0 Å². The molecule has 1 aliphatic rings. The predicted molar refractivity (Wildman–Crippen MR) is 124 cm³/mol. The van der Waals surface area contributed by atoms with E-state index in [0.29, 0.717) is 5.69 Å². The van der Waals surface area contributed by atoms with Crippen LogP contribution in [0.25, 0.3) is 11.1 Å². The molecule has 0 bridgehead atoms. The molecule has 30 heavy (non-hydrogen) atoms. The second kappa shape index (κ2) is 9.26. The van der Waals surface area contributed by atoms with Gasteiger partial charge in [-0.15, -0.1) is 11.8 Å². The van der Waals surface area contributed by atoms with Gasteiger partial charge in [-0.1, -0.05) is 66.7 Å². The molecule has 2 atom stereocenters. The molecule has 1 heterocycles. The van der Waals surface area contributed by atoms with Crippen LogP contribution in [0.4, 0.5) is 5.69 Å². The number of amides is 1. The number of carbonyl (C=O) groups excluding carboxylic acids is 1. The Morgan fingerprint density at radius 3 is 2.30 bits per heavy atom. The summed E-state index contributed by atoms with van der Waals surface area (Å²) in [5, 5.41) is 12.7. The molecule has 0 aromatic heterocycles. The van der Waals surface area contributed by atoms with Crippen molar-refractivity contribution in [1.29, 1.82) is 0 Å². The van der Waals surface area contributed by atoms with E-state index in [9.17, 15) is 4.79 Å². The van der Waals surface area contributed by atoms with E-state index >= 15 is 0 Å². The van der Waals surface area contributed by atoms with Crippen molar-refractivity contribution in [3.8, 4) is 11.1 Å². The van der Waals surface area contributed by atoms with Gasteiger partial charge in [-0.25, -0.2) is 0 Å². The summed E-state index contributed by atoms with van der Waals surface area (Å²) in [4.78, 5) is 16.7. The first-order valence-corrected chi connectivity index (χ1v) is 10.8. The minimum atomic E-state index is -0.920. The number of aliphatic hydroxyl groups excluding tert-OH is 1. The molecule has 3 aromatic rings. The monoisotopic (exact) mass is 417 g/mol. The van der Waals surface area contributed by atoms with Crippen molar-refractivity contribution >= 4 is 28.4 Å². The summed E-state index contributed by atoms with van der Waals surface area (Å²) in [5.74, 6) is 0.484. The van der Waals surface area contributed by atoms with Crippen LogP contribution in [-0.4, -0.2) is 34.5 Å². The molecule has 0 fully saturated rings. The van der Waals surface area contributed by atoms with Gasteiger partial charge >= 0.3 is 0 Å². The summed E-state index contributed by atoms with van der Waals surface area (Å²) < 4.78 is 0. The molecule has 3 aromatic carbocycles. The Kier molecular flexibility index (Phi) is 6.28. The summed E-state index contributed by atoms with van der Waals surface area (Å²) in [6.07, 6.45) is 0. The molecule has 4 N–H and O–H groups in total. The summed E-state index contributed by atoms with van der Waals surface area (Å²) in [6, 6.07) is 25.6. The van der Waals surface area contributed by atoms with Crippen LogP contribution in [0.15, 0.2) is 83.9 Å². The van der Waals surface area contributed by atoms with E-state index < -0.39 is 11.9 Å². The number of benzene rings is 3. The third kappa shape index (κ3) is 4.62. The molecule has 0 radical (unpaired) electrons. The quantitative estimate of drug-likeness (QED) is 0.569. The second-order valence-electron chi connectivity index (χ2n) is 7.10. The fourth-order valence-corrected chi connectivity index (χ4v) is 4.33. The van der Waals surface area contributed by atoms with Gasteiger partial charge in [0.25, 0.3) is 0 Å². The second-order valence-corrected chi connectivity index (χ2v) is 8.11. The van der Waals surface area contributed by atoms with E-state index in [4.69, 9.17) is 15.8 Å². The molecule has 0 saturated heterocycles. The number of aliphatic hydroxyl groups is 1. The fraction of sp³-hybridized carbons (Fsp3) is 0.167. The standard InChI is InChI=1S/C24H23N3O2S/c25-21(14-28)23(29)26-20-12-10-18(11-13-20)22-15-30-24(27-22)19-8-6-17(7-9-19)16-4-2-1-3-5-16/h1-13,21-22,28H,14-15,25H2,(H,26,29). The van der Waals surface area contributed by atoms with Gasteiger partial charge in [0.1, 0.15) is 6.04 Å². The van der Waals surface area contributed by atoms with Crippen molar-refractivity contribution in [3.63, 3.8) is 0 Å².